The molecule has 1 aromatic heterocycles. The lowest BCUT2D eigenvalue weighted by Crippen LogP contribution is -2.45. The summed E-state index contributed by atoms with van der Waals surface area (Å²) in [4.78, 5) is 28.4. The molecule has 3 rings (SSSR count). The van der Waals surface area contributed by atoms with Gasteiger partial charge in [-0.15, -0.1) is 0 Å². The molecule has 0 bridgehead atoms. The molecule has 1 N–H and O–H groups in total. The van der Waals surface area contributed by atoms with Gasteiger partial charge in [0.05, 0.1) is 19.8 Å². The lowest BCUT2D eigenvalue weighted by molar-refractivity contribution is -0.136. The number of nitrogens with one attached hydrogen (secondary N) is 1. The van der Waals surface area contributed by atoms with E-state index in [-0.39, 0.29) is 24.3 Å². The number of anilines is 1. The summed E-state index contributed by atoms with van der Waals surface area (Å²) in [6, 6.07) is 1.57. The Kier molecular flexibility index (Phi) is 5.24. The lowest BCUT2D eigenvalue weighted by atomic mass is 10.3. The van der Waals surface area contributed by atoms with Crippen LogP contribution in [0, 0.1) is 5.92 Å². The number of amides is 2. The molecule has 2 aliphatic rings. The summed E-state index contributed by atoms with van der Waals surface area (Å²) in [6.07, 6.45) is 3.25. The molecule has 1 aromatic rings. The molecule has 1 aliphatic carbocycles. The second-order valence-electron chi connectivity index (χ2n) is 5.92. The molecule has 1 aliphatic heterocycles. The third kappa shape index (κ3) is 4.77. The Hall–Kier alpha value is -1.93. The van der Waals surface area contributed by atoms with Gasteiger partial charge >= 0.3 is 0 Å². The van der Waals surface area contributed by atoms with Gasteiger partial charge in [-0.25, -0.2) is 0 Å². The van der Waals surface area contributed by atoms with E-state index in [0.29, 0.717) is 12.4 Å². The largest absolute Gasteiger partial charge is 0.379 e. The minimum absolute atomic E-state index is 0.0481. The maximum Gasteiger partial charge on any atom is 0.245 e. The van der Waals surface area contributed by atoms with E-state index in [2.05, 4.69) is 19.9 Å². The van der Waals surface area contributed by atoms with Crippen molar-refractivity contribution in [1.29, 1.82) is 0 Å². The van der Waals surface area contributed by atoms with Crippen molar-refractivity contribution < 1.29 is 18.8 Å². The van der Waals surface area contributed by atoms with Crippen LogP contribution in [0.15, 0.2) is 16.9 Å². The number of rotatable bonds is 7. The highest BCUT2D eigenvalue weighted by atomic mass is 16.5. The molecule has 0 unspecified atom stereocenters. The highest BCUT2D eigenvalue weighted by molar-refractivity contribution is 5.94. The molecule has 126 valence electrons. The van der Waals surface area contributed by atoms with Crippen LogP contribution in [0.2, 0.25) is 0 Å². The van der Waals surface area contributed by atoms with Crippen LogP contribution in [-0.2, 0) is 14.3 Å². The van der Waals surface area contributed by atoms with Crippen molar-refractivity contribution in [2.75, 3.05) is 51.3 Å². The van der Waals surface area contributed by atoms with E-state index in [0.717, 1.165) is 45.7 Å². The summed E-state index contributed by atoms with van der Waals surface area (Å²) in [6.45, 7) is 4.56. The van der Waals surface area contributed by atoms with E-state index >= 15 is 0 Å². The molecule has 0 atom stereocenters. The monoisotopic (exact) mass is 322 g/mol. The molecule has 8 nitrogen and oxygen atoms in total. The maximum absolute atomic E-state index is 12.4. The van der Waals surface area contributed by atoms with Crippen LogP contribution in [0.4, 0.5) is 5.82 Å². The fraction of sp³-hybridized carbons (Fsp3) is 0.667. The number of hydrogen-bond acceptors (Lipinski definition) is 6. The quantitative estimate of drug-likeness (QED) is 0.771. The van der Waals surface area contributed by atoms with E-state index < -0.39 is 0 Å². The highest BCUT2D eigenvalue weighted by Crippen LogP contribution is 2.30. The predicted octanol–water partition coefficient (Wildman–Crippen LogP) is 0.184. The van der Waals surface area contributed by atoms with Crippen LogP contribution in [0.3, 0.4) is 0 Å². The first kappa shape index (κ1) is 15.9. The molecular weight excluding hydrogens is 300 g/mol. The summed E-state index contributed by atoms with van der Waals surface area (Å²) >= 11 is 0. The molecule has 2 amide bonds. The standard InChI is InChI=1S/C15H22N4O4/c20-14(16-13-3-8-23-17-13)11-19(15(21)12-1-2-12)5-4-18-6-9-22-10-7-18/h3,8,12H,1-2,4-7,9-11H2,(H,16,17,20). The van der Waals surface area contributed by atoms with Crippen LogP contribution < -0.4 is 5.32 Å². The number of morpholine rings is 1. The molecule has 1 saturated heterocycles. The van der Waals surface area contributed by atoms with Gasteiger partial charge in [-0.05, 0) is 12.8 Å². The Morgan fingerprint density at radius 3 is 2.78 bits per heavy atom. The summed E-state index contributed by atoms with van der Waals surface area (Å²) in [7, 11) is 0. The predicted molar refractivity (Wildman–Crippen MR) is 81.7 cm³/mol. The normalized spacial score (nSPS) is 18.6. The zero-order valence-electron chi connectivity index (χ0n) is 13.1. The molecule has 0 radical (unpaired) electrons. The van der Waals surface area contributed by atoms with E-state index in [9.17, 15) is 9.59 Å². The van der Waals surface area contributed by atoms with Gasteiger partial charge in [0.1, 0.15) is 6.26 Å². The number of nitrogens with zero attached hydrogens (tertiary/aromatic N) is 3. The van der Waals surface area contributed by atoms with Crippen molar-refractivity contribution in [1.82, 2.24) is 15.0 Å². The molecule has 23 heavy (non-hydrogen) atoms. The Morgan fingerprint density at radius 2 is 2.13 bits per heavy atom. The number of carbonyl (C=O) groups excluding carboxylic acids is 2. The van der Waals surface area contributed by atoms with Crippen molar-refractivity contribution in [3.63, 3.8) is 0 Å². The topological polar surface area (TPSA) is 87.9 Å². The van der Waals surface area contributed by atoms with E-state index in [1.165, 1.54) is 6.26 Å². The van der Waals surface area contributed by atoms with Gasteiger partial charge in [0.2, 0.25) is 11.8 Å². The fourth-order valence-corrected chi connectivity index (χ4v) is 2.58. The van der Waals surface area contributed by atoms with Gasteiger partial charge in [0.25, 0.3) is 0 Å². The van der Waals surface area contributed by atoms with Gasteiger partial charge < -0.3 is 19.5 Å². The molecule has 0 spiro atoms. The van der Waals surface area contributed by atoms with Gasteiger partial charge in [-0.2, -0.15) is 0 Å². The fourth-order valence-electron chi connectivity index (χ4n) is 2.58. The lowest BCUT2D eigenvalue weighted by Gasteiger charge is -2.30. The molecule has 0 aromatic carbocycles. The van der Waals surface area contributed by atoms with Crippen LogP contribution in [0.25, 0.3) is 0 Å². The first-order valence-corrected chi connectivity index (χ1v) is 8.01. The summed E-state index contributed by atoms with van der Waals surface area (Å²) in [5.74, 6) is 0.282. The Bertz CT molecular complexity index is 524. The Labute approximate surface area is 134 Å². The van der Waals surface area contributed by atoms with Crippen LogP contribution in [0.5, 0.6) is 0 Å². The Morgan fingerprint density at radius 1 is 1.35 bits per heavy atom. The van der Waals surface area contributed by atoms with Gasteiger partial charge in [-0.3, -0.25) is 14.5 Å². The molecule has 2 heterocycles. The van der Waals surface area contributed by atoms with Crippen molar-refractivity contribution in [3.05, 3.63) is 12.3 Å². The second-order valence-corrected chi connectivity index (χ2v) is 5.92. The molecule has 2 fully saturated rings. The van der Waals surface area contributed by atoms with Crippen molar-refractivity contribution in [2.24, 2.45) is 5.92 Å². The summed E-state index contributed by atoms with van der Waals surface area (Å²) < 4.78 is 10.0. The van der Waals surface area contributed by atoms with Crippen LogP contribution in [-0.4, -0.2) is 72.7 Å². The minimum Gasteiger partial charge on any atom is -0.379 e. The minimum atomic E-state index is -0.255. The molecule has 8 heteroatoms. The highest BCUT2D eigenvalue weighted by Gasteiger charge is 2.34. The van der Waals surface area contributed by atoms with Crippen molar-refractivity contribution in [3.8, 4) is 0 Å². The van der Waals surface area contributed by atoms with E-state index in [1.54, 1.807) is 11.0 Å². The van der Waals surface area contributed by atoms with Crippen LogP contribution >= 0.6 is 0 Å². The Balaban J connectivity index is 1.51. The zero-order valence-corrected chi connectivity index (χ0v) is 13.1. The zero-order chi connectivity index (χ0) is 16.1. The number of ether oxygens (including phenoxy) is 1. The summed E-state index contributed by atoms with van der Waals surface area (Å²) in [5.41, 5.74) is 0. The number of aromatic nitrogens is 1. The average molecular weight is 322 g/mol. The molecular formula is C15H22N4O4. The average Bonchev–Trinajstić information content (AvgIpc) is 3.30. The molecule has 1 saturated carbocycles. The van der Waals surface area contributed by atoms with E-state index in [4.69, 9.17) is 4.74 Å². The van der Waals surface area contributed by atoms with E-state index in [1.807, 2.05) is 0 Å². The first-order valence-electron chi connectivity index (χ1n) is 8.01. The third-order valence-electron chi connectivity index (χ3n) is 4.07. The number of carbonyl (C=O) groups is 2. The van der Waals surface area contributed by atoms with Crippen molar-refractivity contribution >= 4 is 17.6 Å². The van der Waals surface area contributed by atoms with Crippen molar-refractivity contribution in [2.45, 2.75) is 12.8 Å². The van der Waals surface area contributed by atoms with Crippen LogP contribution in [0.1, 0.15) is 12.8 Å². The smallest absolute Gasteiger partial charge is 0.245 e. The maximum atomic E-state index is 12.4. The first-order chi connectivity index (χ1) is 11.2. The van der Waals surface area contributed by atoms with Gasteiger partial charge in [0, 0.05) is 38.2 Å². The number of hydrogen-bond donors (Lipinski definition) is 1. The van der Waals surface area contributed by atoms with Gasteiger partial charge in [0.15, 0.2) is 5.82 Å². The SMILES string of the molecule is O=C(CN(CCN1CCOCC1)C(=O)C1CC1)Nc1ccon1. The second kappa shape index (κ2) is 7.56. The van der Waals surface area contributed by atoms with Gasteiger partial charge in [-0.1, -0.05) is 5.16 Å². The summed E-state index contributed by atoms with van der Waals surface area (Å²) in [5, 5.41) is 6.28. The third-order valence-corrected chi connectivity index (χ3v) is 4.07.